The number of hydrogen-bond donors (Lipinski definition) is 1. The Hall–Kier alpha value is -1.43. The SMILES string of the molecule is CCNC(=NCc1ccc(OCC(F)(F)F)c(OC)c1)N(C)CCOCC1CC1.I. The Balaban J connectivity index is 0.00000450. The van der Waals surface area contributed by atoms with E-state index in [1.165, 1.54) is 26.0 Å². The molecule has 6 nitrogen and oxygen atoms in total. The van der Waals surface area contributed by atoms with Crippen LogP contribution in [0.3, 0.4) is 0 Å². The van der Waals surface area contributed by atoms with Crippen molar-refractivity contribution in [2.24, 2.45) is 10.9 Å². The third-order valence-corrected chi connectivity index (χ3v) is 4.35. The molecule has 0 amide bonds. The lowest BCUT2D eigenvalue weighted by atomic mass is 10.2. The van der Waals surface area contributed by atoms with Crippen molar-refractivity contribution >= 4 is 29.9 Å². The first-order valence-corrected chi connectivity index (χ1v) is 9.76. The van der Waals surface area contributed by atoms with E-state index in [1.807, 2.05) is 18.9 Å². The maximum atomic E-state index is 12.4. The first kappa shape index (κ1) is 26.6. The van der Waals surface area contributed by atoms with E-state index in [9.17, 15) is 13.2 Å². The molecule has 1 saturated carbocycles. The third-order valence-electron chi connectivity index (χ3n) is 4.35. The summed E-state index contributed by atoms with van der Waals surface area (Å²) in [5.41, 5.74) is 0.801. The van der Waals surface area contributed by atoms with Crippen molar-refractivity contribution in [3.63, 3.8) is 0 Å². The lowest BCUT2D eigenvalue weighted by Crippen LogP contribution is -2.40. The maximum absolute atomic E-state index is 12.4. The minimum absolute atomic E-state index is 0. The van der Waals surface area contributed by atoms with Crippen LogP contribution < -0.4 is 14.8 Å². The molecular weight excluding hydrogens is 514 g/mol. The molecule has 0 radical (unpaired) electrons. The van der Waals surface area contributed by atoms with Gasteiger partial charge in [0, 0.05) is 26.7 Å². The molecule has 0 atom stereocenters. The molecule has 172 valence electrons. The summed E-state index contributed by atoms with van der Waals surface area (Å²) in [7, 11) is 3.33. The van der Waals surface area contributed by atoms with Gasteiger partial charge in [0.2, 0.25) is 0 Å². The van der Waals surface area contributed by atoms with Gasteiger partial charge in [0.05, 0.1) is 20.3 Å². The highest BCUT2D eigenvalue weighted by Crippen LogP contribution is 2.30. The Morgan fingerprint density at radius 2 is 2.00 bits per heavy atom. The van der Waals surface area contributed by atoms with E-state index in [0.717, 1.165) is 30.6 Å². The van der Waals surface area contributed by atoms with Crippen LogP contribution in [0.25, 0.3) is 0 Å². The van der Waals surface area contributed by atoms with Gasteiger partial charge >= 0.3 is 6.18 Å². The number of ether oxygens (including phenoxy) is 3. The van der Waals surface area contributed by atoms with Crippen LogP contribution in [0, 0.1) is 5.92 Å². The fourth-order valence-electron chi connectivity index (χ4n) is 2.57. The summed E-state index contributed by atoms with van der Waals surface area (Å²) >= 11 is 0. The van der Waals surface area contributed by atoms with Gasteiger partial charge in [-0.1, -0.05) is 6.07 Å². The Labute approximate surface area is 193 Å². The van der Waals surface area contributed by atoms with Crippen molar-refractivity contribution in [1.29, 1.82) is 0 Å². The second-order valence-corrected chi connectivity index (χ2v) is 7.00. The van der Waals surface area contributed by atoms with E-state index in [-0.39, 0.29) is 35.5 Å². The van der Waals surface area contributed by atoms with Gasteiger partial charge in [-0.25, -0.2) is 4.99 Å². The summed E-state index contributed by atoms with van der Waals surface area (Å²) in [6.07, 6.45) is -1.87. The highest BCUT2D eigenvalue weighted by atomic mass is 127. The molecule has 1 aromatic rings. The van der Waals surface area contributed by atoms with Gasteiger partial charge in [0.15, 0.2) is 24.1 Å². The van der Waals surface area contributed by atoms with Gasteiger partial charge in [-0.2, -0.15) is 13.2 Å². The van der Waals surface area contributed by atoms with Gasteiger partial charge in [0.25, 0.3) is 0 Å². The standard InChI is InChI=1S/C20H30F3N3O3.HI/c1-4-24-19(26(2)9-10-28-13-15-5-6-15)25-12-16-7-8-17(18(11-16)27-3)29-14-20(21,22)23;/h7-8,11,15H,4-6,9-10,12-14H2,1-3H3,(H,24,25);1H. The van der Waals surface area contributed by atoms with E-state index >= 15 is 0 Å². The molecule has 0 saturated heterocycles. The normalized spacial score (nSPS) is 14.1. The zero-order valence-electron chi connectivity index (χ0n) is 17.6. The number of rotatable bonds is 11. The molecule has 0 heterocycles. The van der Waals surface area contributed by atoms with Crippen LogP contribution in [-0.2, 0) is 11.3 Å². The highest BCUT2D eigenvalue weighted by Gasteiger charge is 2.29. The van der Waals surface area contributed by atoms with E-state index in [2.05, 4.69) is 10.3 Å². The highest BCUT2D eigenvalue weighted by molar-refractivity contribution is 14.0. The van der Waals surface area contributed by atoms with Crippen LogP contribution in [0.15, 0.2) is 23.2 Å². The number of alkyl halides is 3. The number of guanidine groups is 1. The largest absolute Gasteiger partial charge is 0.493 e. The number of likely N-dealkylation sites (N-methyl/N-ethyl adjacent to an activating group) is 1. The van der Waals surface area contributed by atoms with Gasteiger partial charge in [-0.3, -0.25) is 0 Å². The summed E-state index contributed by atoms with van der Waals surface area (Å²) in [6.45, 7) is 3.87. The molecule has 2 rings (SSSR count). The Kier molecular flexibility index (Phi) is 11.6. The number of hydrogen-bond acceptors (Lipinski definition) is 4. The zero-order chi connectivity index (χ0) is 21.3. The Morgan fingerprint density at radius 3 is 2.60 bits per heavy atom. The zero-order valence-corrected chi connectivity index (χ0v) is 20.0. The van der Waals surface area contributed by atoms with Crippen LogP contribution in [0.4, 0.5) is 13.2 Å². The first-order valence-electron chi connectivity index (χ1n) is 9.76. The van der Waals surface area contributed by atoms with Crippen LogP contribution in [0.1, 0.15) is 25.3 Å². The summed E-state index contributed by atoms with van der Waals surface area (Å²) in [6, 6.07) is 4.79. The minimum atomic E-state index is -4.40. The smallest absolute Gasteiger partial charge is 0.422 e. The third kappa shape index (κ3) is 10.1. The fraction of sp³-hybridized carbons (Fsp3) is 0.650. The van der Waals surface area contributed by atoms with Gasteiger partial charge in [0.1, 0.15) is 0 Å². The van der Waals surface area contributed by atoms with E-state index in [4.69, 9.17) is 14.2 Å². The predicted octanol–water partition coefficient (Wildman–Crippen LogP) is 4.08. The second kappa shape index (κ2) is 13.1. The molecule has 0 unspecified atom stereocenters. The van der Waals surface area contributed by atoms with Crippen LogP contribution in [0.2, 0.25) is 0 Å². The second-order valence-electron chi connectivity index (χ2n) is 7.00. The number of aliphatic imine (C=N–C) groups is 1. The fourth-order valence-corrected chi connectivity index (χ4v) is 2.57. The Bertz CT molecular complexity index is 670. The number of methoxy groups -OCH3 is 1. The molecule has 1 aromatic carbocycles. The maximum Gasteiger partial charge on any atom is 0.422 e. The number of benzene rings is 1. The van der Waals surface area contributed by atoms with Crippen molar-refractivity contribution in [3.05, 3.63) is 23.8 Å². The van der Waals surface area contributed by atoms with Gasteiger partial charge in [-0.15, -0.1) is 24.0 Å². The van der Waals surface area contributed by atoms with Crippen molar-refractivity contribution in [3.8, 4) is 11.5 Å². The van der Waals surface area contributed by atoms with Crippen LogP contribution in [0.5, 0.6) is 11.5 Å². The van der Waals surface area contributed by atoms with E-state index in [0.29, 0.717) is 19.7 Å². The minimum Gasteiger partial charge on any atom is -0.493 e. The van der Waals surface area contributed by atoms with Crippen molar-refractivity contribution in [2.75, 3.05) is 47.1 Å². The lowest BCUT2D eigenvalue weighted by Gasteiger charge is -2.22. The van der Waals surface area contributed by atoms with Gasteiger partial charge in [-0.05, 0) is 43.4 Å². The molecule has 1 aliphatic rings. The molecule has 0 spiro atoms. The summed E-state index contributed by atoms with van der Waals surface area (Å²) in [5.74, 6) is 1.77. The van der Waals surface area contributed by atoms with Crippen molar-refractivity contribution < 1.29 is 27.4 Å². The van der Waals surface area contributed by atoms with Crippen LogP contribution >= 0.6 is 24.0 Å². The quantitative estimate of drug-likeness (QED) is 0.197. The molecule has 0 bridgehead atoms. The molecule has 1 N–H and O–H groups in total. The molecule has 1 fully saturated rings. The van der Waals surface area contributed by atoms with Crippen molar-refractivity contribution in [1.82, 2.24) is 10.2 Å². The molecule has 1 aliphatic carbocycles. The van der Waals surface area contributed by atoms with E-state index < -0.39 is 12.8 Å². The Morgan fingerprint density at radius 1 is 1.27 bits per heavy atom. The van der Waals surface area contributed by atoms with E-state index in [1.54, 1.807) is 12.1 Å². The number of nitrogens with one attached hydrogen (secondary N) is 1. The summed E-state index contributed by atoms with van der Waals surface area (Å²) < 4.78 is 52.7. The van der Waals surface area contributed by atoms with Crippen molar-refractivity contribution in [2.45, 2.75) is 32.5 Å². The lowest BCUT2D eigenvalue weighted by molar-refractivity contribution is -0.153. The average Bonchev–Trinajstić information content (AvgIpc) is 3.50. The molecule has 0 aliphatic heterocycles. The topological polar surface area (TPSA) is 55.3 Å². The van der Waals surface area contributed by atoms with Gasteiger partial charge < -0.3 is 24.4 Å². The number of nitrogens with zero attached hydrogens (tertiary/aromatic N) is 2. The monoisotopic (exact) mass is 545 g/mol. The molecule has 30 heavy (non-hydrogen) atoms. The average molecular weight is 545 g/mol. The number of halogens is 4. The molecule has 10 heteroatoms. The summed E-state index contributed by atoms with van der Waals surface area (Å²) in [5, 5.41) is 3.23. The van der Waals surface area contributed by atoms with Crippen LogP contribution in [-0.4, -0.2) is 64.1 Å². The summed E-state index contributed by atoms with van der Waals surface area (Å²) in [4.78, 5) is 6.59. The molecule has 0 aromatic heterocycles. The molecular formula is C20H31F3IN3O3. The first-order chi connectivity index (χ1) is 13.8. The predicted molar refractivity (Wildman–Crippen MR) is 121 cm³/mol.